The molecule has 2 aliphatic rings. The highest BCUT2D eigenvalue weighted by atomic mass is 35.5. The van der Waals surface area contributed by atoms with E-state index in [0.29, 0.717) is 5.41 Å². The van der Waals surface area contributed by atoms with Crippen molar-refractivity contribution in [2.45, 2.75) is 32.6 Å². The van der Waals surface area contributed by atoms with Crippen molar-refractivity contribution in [3.63, 3.8) is 0 Å². The number of halogens is 1. The molecular formula is C12H16ClNS. The normalized spacial score (nSPS) is 38.0. The highest BCUT2D eigenvalue weighted by molar-refractivity contribution is 7.11. The summed E-state index contributed by atoms with van der Waals surface area (Å²) in [6.45, 7) is 2.08. The van der Waals surface area contributed by atoms with Crippen LogP contribution in [0.5, 0.6) is 0 Å². The van der Waals surface area contributed by atoms with Gasteiger partial charge in [0.25, 0.3) is 0 Å². The van der Waals surface area contributed by atoms with Gasteiger partial charge in [0.15, 0.2) is 0 Å². The SMILES string of the molecule is Cc1ncc(CC2(CCl)CC3CC3C2)s1. The van der Waals surface area contributed by atoms with Gasteiger partial charge < -0.3 is 0 Å². The van der Waals surface area contributed by atoms with Crippen LogP contribution >= 0.6 is 22.9 Å². The lowest BCUT2D eigenvalue weighted by atomic mass is 9.81. The maximum absolute atomic E-state index is 6.19. The minimum atomic E-state index is 0.411. The van der Waals surface area contributed by atoms with E-state index in [1.807, 2.05) is 17.5 Å². The standard InChI is InChI=1S/C12H16ClNS/c1-8-14-6-11(15-8)5-12(7-13)3-9-2-10(9)4-12/h6,9-10H,2-5,7H2,1H3. The van der Waals surface area contributed by atoms with E-state index in [1.165, 1.54) is 29.1 Å². The third-order valence-electron chi connectivity index (χ3n) is 3.96. The Balaban J connectivity index is 1.75. The molecule has 2 aliphatic carbocycles. The lowest BCUT2D eigenvalue weighted by molar-refractivity contribution is 0.305. The minimum absolute atomic E-state index is 0.411. The van der Waals surface area contributed by atoms with E-state index in [0.717, 1.165) is 24.1 Å². The highest BCUT2D eigenvalue weighted by Crippen LogP contribution is 2.61. The number of nitrogens with zero attached hydrogens (tertiary/aromatic N) is 1. The van der Waals surface area contributed by atoms with Gasteiger partial charge in [-0.25, -0.2) is 4.98 Å². The average molecular weight is 242 g/mol. The molecule has 2 saturated carbocycles. The topological polar surface area (TPSA) is 12.9 Å². The third-order valence-corrected chi connectivity index (χ3v) is 5.44. The fourth-order valence-corrected chi connectivity index (χ4v) is 4.44. The molecule has 1 nitrogen and oxygen atoms in total. The molecule has 0 aromatic carbocycles. The van der Waals surface area contributed by atoms with Gasteiger partial charge in [-0.2, -0.15) is 0 Å². The summed E-state index contributed by atoms with van der Waals surface area (Å²) in [4.78, 5) is 5.76. The number of fused-ring (bicyclic) bond motifs is 1. The van der Waals surface area contributed by atoms with Gasteiger partial charge in [0.05, 0.1) is 5.01 Å². The van der Waals surface area contributed by atoms with E-state index in [4.69, 9.17) is 11.6 Å². The van der Waals surface area contributed by atoms with Crippen LogP contribution in [-0.2, 0) is 6.42 Å². The second kappa shape index (κ2) is 3.46. The van der Waals surface area contributed by atoms with E-state index in [2.05, 4.69) is 11.9 Å². The van der Waals surface area contributed by atoms with Crippen LogP contribution in [0.4, 0.5) is 0 Å². The number of aromatic nitrogens is 1. The van der Waals surface area contributed by atoms with Crippen molar-refractivity contribution in [1.82, 2.24) is 4.98 Å². The van der Waals surface area contributed by atoms with Crippen LogP contribution in [0.3, 0.4) is 0 Å². The molecule has 2 fully saturated rings. The fourth-order valence-electron chi connectivity index (χ4n) is 3.16. The van der Waals surface area contributed by atoms with E-state index < -0.39 is 0 Å². The third kappa shape index (κ3) is 1.83. The van der Waals surface area contributed by atoms with Crippen LogP contribution in [-0.4, -0.2) is 10.9 Å². The van der Waals surface area contributed by atoms with Crippen LogP contribution in [0.25, 0.3) is 0 Å². The molecule has 1 heterocycles. The number of rotatable bonds is 3. The van der Waals surface area contributed by atoms with Crippen molar-refractivity contribution in [3.8, 4) is 0 Å². The van der Waals surface area contributed by atoms with E-state index in [1.54, 1.807) is 0 Å². The van der Waals surface area contributed by atoms with Gasteiger partial charge in [-0.15, -0.1) is 22.9 Å². The Hall–Kier alpha value is -0.0800. The Kier molecular flexibility index (Phi) is 2.33. The lowest BCUT2D eigenvalue weighted by Crippen LogP contribution is -2.23. The van der Waals surface area contributed by atoms with Crippen LogP contribution in [0.2, 0.25) is 0 Å². The molecule has 3 rings (SSSR count). The Morgan fingerprint density at radius 3 is 2.80 bits per heavy atom. The summed E-state index contributed by atoms with van der Waals surface area (Å²) in [5.41, 5.74) is 0.411. The minimum Gasteiger partial charge on any atom is -0.250 e. The monoisotopic (exact) mass is 241 g/mol. The Morgan fingerprint density at radius 2 is 2.27 bits per heavy atom. The summed E-state index contributed by atoms with van der Waals surface area (Å²) < 4.78 is 0. The highest BCUT2D eigenvalue weighted by Gasteiger charge is 2.53. The van der Waals surface area contributed by atoms with E-state index in [9.17, 15) is 0 Å². The second-order valence-electron chi connectivity index (χ2n) is 5.32. The van der Waals surface area contributed by atoms with Gasteiger partial charge >= 0.3 is 0 Å². The summed E-state index contributed by atoms with van der Waals surface area (Å²) in [5, 5.41) is 1.18. The number of alkyl halides is 1. The van der Waals surface area contributed by atoms with E-state index >= 15 is 0 Å². The molecule has 0 amide bonds. The first kappa shape index (κ1) is 10.1. The van der Waals surface area contributed by atoms with Crippen molar-refractivity contribution < 1.29 is 0 Å². The molecule has 0 saturated heterocycles. The smallest absolute Gasteiger partial charge is 0.0896 e. The van der Waals surface area contributed by atoms with Crippen LogP contribution in [0.15, 0.2) is 6.20 Å². The number of aryl methyl sites for hydroxylation is 1. The van der Waals surface area contributed by atoms with Crippen LogP contribution in [0, 0.1) is 24.2 Å². The summed E-state index contributed by atoms with van der Waals surface area (Å²) in [6.07, 6.45) is 7.39. The molecule has 0 aliphatic heterocycles. The lowest BCUT2D eigenvalue weighted by Gasteiger charge is -2.27. The Labute approximate surface area is 99.9 Å². The van der Waals surface area contributed by atoms with Crippen molar-refractivity contribution in [2.24, 2.45) is 17.3 Å². The zero-order chi connectivity index (χ0) is 10.5. The van der Waals surface area contributed by atoms with Gasteiger partial charge in [-0.05, 0) is 49.9 Å². The predicted molar refractivity (Wildman–Crippen MR) is 64.5 cm³/mol. The zero-order valence-electron chi connectivity index (χ0n) is 9.00. The molecule has 15 heavy (non-hydrogen) atoms. The van der Waals surface area contributed by atoms with Crippen molar-refractivity contribution >= 4 is 22.9 Å². The van der Waals surface area contributed by atoms with Crippen molar-refractivity contribution in [3.05, 3.63) is 16.1 Å². The van der Waals surface area contributed by atoms with Gasteiger partial charge in [0, 0.05) is 17.0 Å². The molecule has 0 radical (unpaired) electrons. The summed E-state index contributed by atoms with van der Waals surface area (Å²) >= 11 is 8.03. The maximum atomic E-state index is 6.19. The first-order chi connectivity index (χ1) is 7.21. The molecule has 0 bridgehead atoms. The predicted octanol–water partition coefficient (Wildman–Crippen LogP) is 3.65. The first-order valence-electron chi connectivity index (χ1n) is 5.68. The molecule has 0 spiro atoms. The van der Waals surface area contributed by atoms with Crippen LogP contribution < -0.4 is 0 Å². The van der Waals surface area contributed by atoms with E-state index in [-0.39, 0.29) is 0 Å². The molecule has 82 valence electrons. The quantitative estimate of drug-likeness (QED) is 0.737. The van der Waals surface area contributed by atoms with Gasteiger partial charge in [-0.1, -0.05) is 0 Å². The Bertz CT molecular complexity index is 363. The number of hydrogen-bond acceptors (Lipinski definition) is 2. The maximum Gasteiger partial charge on any atom is 0.0896 e. The molecule has 1 aromatic heterocycles. The first-order valence-corrected chi connectivity index (χ1v) is 7.03. The summed E-state index contributed by atoms with van der Waals surface area (Å²) in [7, 11) is 0. The summed E-state index contributed by atoms with van der Waals surface area (Å²) in [6, 6.07) is 0. The zero-order valence-corrected chi connectivity index (χ0v) is 10.6. The van der Waals surface area contributed by atoms with Crippen molar-refractivity contribution in [2.75, 3.05) is 5.88 Å². The molecule has 2 unspecified atom stereocenters. The number of thiazole rings is 1. The molecule has 3 heteroatoms. The molecule has 0 N–H and O–H groups in total. The van der Waals surface area contributed by atoms with Crippen molar-refractivity contribution in [1.29, 1.82) is 0 Å². The van der Waals surface area contributed by atoms with Gasteiger partial charge in [-0.3, -0.25) is 0 Å². The molecular weight excluding hydrogens is 226 g/mol. The molecule has 1 aromatic rings. The fraction of sp³-hybridized carbons (Fsp3) is 0.750. The Morgan fingerprint density at radius 1 is 1.53 bits per heavy atom. The largest absolute Gasteiger partial charge is 0.250 e. The molecule has 2 atom stereocenters. The average Bonchev–Trinajstić information content (AvgIpc) is 2.65. The number of hydrogen-bond donors (Lipinski definition) is 0. The van der Waals surface area contributed by atoms with Gasteiger partial charge in [0.1, 0.15) is 0 Å². The summed E-state index contributed by atoms with van der Waals surface area (Å²) in [5.74, 6) is 2.85. The second-order valence-corrected chi connectivity index (χ2v) is 6.91. The van der Waals surface area contributed by atoms with Gasteiger partial charge in [0.2, 0.25) is 0 Å². The van der Waals surface area contributed by atoms with Crippen LogP contribution in [0.1, 0.15) is 29.1 Å².